The summed E-state index contributed by atoms with van der Waals surface area (Å²) in [4.78, 5) is 10.2. The van der Waals surface area contributed by atoms with Crippen molar-refractivity contribution in [3.63, 3.8) is 0 Å². The molecule has 2 aromatic heterocycles. The zero-order valence-electron chi connectivity index (χ0n) is 27.3. The number of nitrogens with zero attached hydrogens (tertiary/aromatic N) is 2. The molecule has 0 amide bonds. The first-order chi connectivity index (χ1) is 22.8. The minimum absolute atomic E-state index is 0.770. The van der Waals surface area contributed by atoms with Crippen LogP contribution in [-0.2, 0) is 0 Å². The summed E-state index contributed by atoms with van der Waals surface area (Å²) in [5.41, 5.74) is 5.87. The summed E-state index contributed by atoms with van der Waals surface area (Å²) < 4.78 is 12.1. The second kappa shape index (κ2) is 16.9. The zero-order valence-corrected chi connectivity index (χ0v) is 27.3. The molecule has 0 N–H and O–H groups in total. The number of rotatable bonds is 0. The Labute approximate surface area is 274 Å². The smallest absolute Gasteiger partial charge is 0.119 e. The molecule has 4 heteroatoms. The molecule has 0 radical (unpaired) electrons. The number of aromatic nitrogens is 2. The third-order valence-corrected chi connectivity index (χ3v) is 9.05. The highest BCUT2D eigenvalue weighted by molar-refractivity contribution is 6.04. The van der Waals surface area contributed by atoms with Crippen LogP contribution in [0.5, 0.6) is 11.5 Å². The van der Waals surface area contributed by atoms with Gasteiger partial charge in [0.1, 0.15) is 11.5 Å². The standard InChI is InChI=1S/C42H48N2O2/c1-2-4-6-8-10-12-14-16-32-46-38-27-21-34(22-28-38)40-30-24-36-18-17-35-23-29-39(43-41(35)42(36)44-40)33-19-25-37(26-20-33)45-31-15-13-11-9-7-5-3-1/h1-2,17-30H,3-16,31-32H2/b2-1+. The molecule has 3 aliphatic heterocycles. The number of hydrogen-bond donors (Lipinski definition) is 0. The Bertz CT molecular complexity index is 1570. The second-order valence-corrected chi connectivity index (χ2v) is 12.6. The lowest BCUT2D eigenvalue weighted by molar-refractivity contribution is 0.304. The Morgan fingerprint density at radius 3 is 1.17 bits per heavy atom. The lowest BCUT2D eigenvalue weighted by atomic mass is 10.1. The highest BCUT2D eigenvalue weighted by Crippen LogP contribution is 2.30. The van der Waals surface area contributed by atoms with E-state index in [0.29, 0.717) is 0 Å². The molecule has 46 heavy (non-hydrogen) atoms. The Balaban J connectivity index is 1.16. The summed E-state index contributed by atoms with van der Waals surface area (Å²) >= 11 is 0. The molecule has 0 spiro atoms. The fourth-order valence-corrected chi connectivity index (χ4v) is 6.29. The topological polar surface area (TPSA) is 44.2 Å². The van der Waals surface area contributed by atoms with E-state index in [1.165, 1.54) is 77.0 Å². The third-order valence-electron chi connectivity index (χ3n) is 9.05. The Morgan fingerprint density at radius 2 is 0.739 bits per heavy atom. The van der Waals surface area contributed by atoms with Gasteiger partial charge in [-0.3, -0.25) is 0 Å². The molecule has 0 saturated heterocycles. The number of fused-ring (bicyclic) bond motifs is 2. The Kier molecular flexibility index (Phi) is 11.7. The first-order valence-corrected chi connectivity index (χ1v) is 17.7. The van der Waals surface area contributed by atoms with Crippen molar-refractivity contribution in [3.05, 3.63) is 97.1 Å². The van der Waals surface area contributed by atoms with Gasteiger partial charge in [-0.05, 0) is 99.2 Å². The van der Waals surface area contributed by atoms with Gasteiger partial charge in [0.25, 0.3) is 0 Å². The van der Waals surface area contributed by atoms with Gasteiger partial charge in [-0.1, -0.05) is 87.8 Å². The third kappa shape index (κ3) is 8.96. The van der Waals surface area contributed by atoms with Crippen LogP contribution >= 0.6 is 0 Å². The van der Waals surface area contributed by atoms with E-state index in [9.17, 15) is 0 Å². The van der Waals surface area contributed by atoms with Crippen LogP contribution in [0.3, 0.4) is 0 Å². The predicted octanol–water partition coefficient (Wildman–Crippen LogP) is 11.9. The summed E-state index contributed by atoms with van der Waals surface area (Å²) in [7, 11) is 0. The van der Waals surface area contributed by atoms with E-state index in [1.54, 1.807) is 0 Å². The average molecular weight is 613 g/mol. The number of allylic oxidation sites excluding steroid dienone is 2. The average Bonchev–Trinajstić information content (AvgIpc) is 3.10. The van der Waals surface area contributed by atoms with Crippen LogP contribution in [-0.4, -0.2) is 23.2 Å². The molecule has 0 unspecified atom stereocenters. The number of pyridine rings is 2. The molecule has 3 aliphatic rings. The van der Waals surface area contributed by atoms with E-state index in [0.717, 1.165) is 81.9 Å². The van der Waals surface area contributed by atoms with Crippen molar-refractivity contribution < 1.29 is 9.47 Å². The van der Waals surface area contributed by atoms with Crippen molar-refractivity contribution in [1.29, 1.82) is 0 Å². The molecule has 0 atom stereocenters. The van der Waals surface area contributed by atoms with Crippen LogP contribution in [0, 0.1) is 0 Å². The zero-order chi connectivity index (χ0) is 31.2. The summed E-state index contributed by atoms with van der Waals surface area (Å²) in [6.07, 6.45) is 22.5. The summed E-state index contributed by atoms with van der Waals surface area (Å²) in [5, 5.41) is 2.18. The van der Waals surface area contributed by atoms with Gasteiger partial charge in [0.15, 0.2) is 0 Å². The fourth-order valence-electron chi connectivity index (χ4n) is 6.29. The SMILES string of the molecule is C1=C/CCCCCCCCOc2ccc(cc2)-c2ccc3ccc4ccc(nc4c3n2)-c2ccc(cc2)OCCCCCCCC/1. The van der Waals surface area contributed by atoms with Crippen molar-refractivity contribution in [2.75, 3.05) is 13.2 Å². The maximum absolute atomic E-state index is 6.06. The fraction of sp³-hybridized carbons (Fsp3) is 0.381. The first kappa shape index (κ1) is 31.8. The van der Waals surface area contributed by atoms with Crippen LogP contribution in [0.2, 0.25) is 0 Å². The van der Waals surface area contributed by atoms with E-state index in [4.69, 9.17) is 19.4 Å². The molecule has 0 fully saturated rings. The molecule has 0 saturated carbocycles. The van der Waals surface area contributed by atoms with E-state index < -0.39 is 0 Å². The van der Waals surface area contributed by atoms with Crippen molar-refractivity contribution >= 4 is 21.8 Å². The summed E-state index contributed by atoms with van der Waals surface area (Å²) in [6, 6.07) is 29.4. The van der Waals surface area contributed by atoms with E-state index in [2.05, 4.69) is 97.1 Å². The molecule has 5 aromatic rings. The maximum Gasteiger partial charge on any atom is 0.119 e. The van der Waals surface area contributed by atoms with Crippen LogP contribution < -0.4 is 9.47 Å². The number of benzene rings is 3. The maximum atomic E-state index is 6.06. The minimum atomic E-state index is 0.770. The first-order valence-electron chi connectivity index (χ1n) is 17.7. The van der Waals surface area contributed by atoms with Gasteiger partial charge in [0.05, 0.1) is 35.6 Å². The van der Waals surface area contributed by atoms with Crippen molar-refractivity contribution in [2.24, 2.45) is 0 Å². The molecule has 5 heterocycles. The molecule has 4 nitrogen and oxygen atoms in total. The van der Waals surface area contributed by atoms with Crippen LogP contribution in [0.15, 0.2) is 97.1 Å². The Morgan fingerprint density at radius 1 is 0.370 bits per heavy atom. The van der Waals surface area contributed by atoms with Gasteiger partial charge in [-0.15, -0.1) is 0 Å². The second-order valence-electron chi connectivity index (χ2n) is 12.6. The highest BCUT2D eigenvalue weighted by Gasteiger charge is 2.10. The van der Waals surface area contributed by atoms with Crippen LogP contribution in [0.1, 0.15) is 89.9 Å². The largest absolute Gasteiger partial charge is 0.494 e. The molecule has 8 bridgehead atoms. The van der Waals surface area contributed by atoms with Gasteiger partial charge in [-0.25, -0.2) is 9.97 Å². The van der Waals surface area contributed by atoms with Crippen molar-refractivity contribution in [3.8, 4) is 34.0 Å². The summed E-state index contributed by atoms with van der Waals surface area (Å²) in [5.74, 6) is 1.84. The normalized spacial score (nSPS) is 17.1. The van der Waals surface area contributed by atoms with Crippen molar-refractivity contribution in [1.82, 2.24) is 9.97 Å². The van der Waals surface area contributed by atoms with Crippen molar-refractivity contribution in [2.45, 2.75) is 89.9 Å². The minimum Gasteiger partial charge on any atom is -0.494 e. The molecule has 3 aromatic carbocycles. The number of ether oxygens (including phenoxy) is 2. The molecular weight excluding hydrogens is 564 g/mol. The quantitative estimate of drug-likeness (QED) is 0.129. The van der Waals surface area contributed by atoms with Crippen LogP contribution in [0.4, 0.5) is 0 Å². The monoisotopic (exact) mass is 612 g/mol. The number of hydrogen-bond acceptors (Lipinski definition) is 4. The molecule has 238 valence electrons. The van der Waals surface area contributed by atoms with Gasteiger partial charge >= 0.3 is 0 Å². The lowest BCUT2D eigenvalue weighted by Gasteiger charge is -2.10. The van der Waals surface area contributed by atoms with Gasteiger partial charge in [0, 0.05) is 21.9 Å². The van der Waals surface area contributed by atoms with Gasteiger partial charge < -0.3 is 9.47 Å². The molecular formula is C42H48N2O2. The van der Waals surface area contributed by atoms with Gasteiger partial charge in [0.2, 0.25) is 0 Å². The molecule has 0 aliphatic carbocycles. The van der Waals surface area contributed by atoms with Crippen LogP contribution in [0.25, 0.3) is 44.3 Å². The van der Waals surface area contributed by atoms with E-state index >= 15 is 0 Å². The highest BCUT2D eigenvalue weighted by atomic mass is 16.5. The Hall–Kier alpha value is -4.18. The molecule has 8 rings (SSSR count). The van der Waals surface area contributed by atoms with Gasteiger partial charge in [-0.2, -0.15) is 0 Å². The predicted molar refractivity (Wildman–Crippen MR) is 193 cm³/mol. The summed E-state index contributed by atoms with van der Waals surface area (Å²) in [6.45, 7) is 1.54. The lowest BCUT2D eigenvalue weighted by Crippen LogP contribution is -1.97. The van der Waals surface area contributed by atoms with E-state index in [-0.39, 0.29) is 0 Å². The van der Waals surface area contributed by atoms with E-state index in [1.807, 2.05) is 0 Å².